The lowest BCUT2D eigenvalue weighted by Crippen LogP contribution is -2.43. The predicted octanol–water partition coefficient (Wildman–Crippen LogP) is 2.43. The van der Waals surface area contributed by atoms with Gasteiger partial charge < -0.3 is 10.1 Å². The number of methoxy groups -OCH3 is 1. The highest BCUT2D eigenvalue weighted by Crippen LogP contribution is 2.37. The molecule has 1 aromatic rings. The molecule has 1 amide bonds. The van der Waals surface area contributed by atoms with Crippen molar-refractivity contribution in [1.82, 2.24) is 5.32 Å². The summed E-state index contributed by atoms with van der Waals surface area (Å²) in [6, 6.07) is 4.53. The van der Waals surface area contributed by atoms with Crippen LogP contribution < -0.4 is 5.32 Å². The van der Waals surface area contributed by atoms with E-state index >= 15 is 0 Å². The van der Waals surface area contributed by atoms with Gasteiger partial charge in [-0.25, -0.2) is 4.79 Å². The molecular weight excluding hydrogens is 277 g/mol. The molecule has 0 bridgehead atoms. The molecule has 0 aromatic heterocycles. The van der Waals surface area contributed by atoms with Crippen LogP contribution in [0.25, 0.3) is 0 Å². The third-order valence-corrected chi connectivity index (χ3v) is 3.24. The maximum Gasteiger partial charge on any atom is 0.331 e. The van der Waals surface area contributed by atoms with Gasteiger partial charge in [0.15, 0.2) is 0 Å². The van der Waals surface area contributed by atoms with E-state index in [1.807, 2.05) is 0 Å². The van der Waals surface area contributed by atoms with Gasteiger partial charge in [0.25, 0.3) is 5.91 Å². The van der Waals surface area contributed by atoms with E-state index < -0.39 is 11.5 Å². The molecule has 1 N–H and O–H groups in total. The van der Waals surface area contributed by atoms with E-state index in [0.29, 0.717) is 28.5 Å². The van der Waals surface area contributed by atoms with E-state index in [4.69, 9.17) is 23.2 Å². The summed E-state index contributed by atoms with van der Waals surface area (Å²) in [6.07, 6.45) is 1.17. The van der Waals surface area contributed by atoms with Gasteiger partial charge in [-0.3, -0.25) is 4.79 Å². The molecule has 0 radical (unpaired) electrons. The van der Waals surface area contributed by atoms with Crippen molar-refractivity contribution in [2.45, 2.75) is 18.4 Å². The van der Waals surface area contributed by atoms with Gasteiger partial charge in [-0.05, 0) is 31.0 Å². The number of hydrogen-bond donors (Lipinski definition) is 1. The summed E-state index contributed by atoms with van der Waals surface area (Å²) >= 11 is 11.6. The number of hydrogen-bond acceptors (Lipinski definition) is 3. The van der Waals surface area contributed by atoms with Crippen molar-refractivity contribution in [2.24, 2.45) is 0 Å². The fourth-order valence-electron chi connectivity index (χ4n) is 1.67. The first-order chi connectivity index (χ1) is 8.47. The van der Waals surface area contributed by atoms with Crippen LogP contribution in [0.15, 0.2) is 18.2 Å². The number of rotatable bonds is 3. The fourth-order valence-corrected chi connectivity index (χ4v) is 2.20. The molecule has 1 fully saturated rings. The standard InChI is InChI=1S/C12H11Cl2NO3/c1-18-11(17)12(2-3-12)15-10(16)7-4-8(13)6-9(14)5-7/h4-6H,2-3H2,1H3,(H,15,16). The van der Waals surface area contributed by atoms with Crippen molar-refractivity contribution in [1.29, 1.82) is 0 Å². The Labute approximate surface area is 114 Å². The molecule has 0 atom stereocenters. The van der Waals surface area contributed by atoms with Crippen LogP contribution in [-0.4, -0.2) is 24.5 Å². The Hall–Kier alpha value is -1.26. The van der Waals surface area contributed by atoms with Gasteiger partial charge in [0, 0.05) is 15.6 Å². The Balaban J connectivity index is 2.15. The Morgan fingerprint density at radius 2 is 1.78 bits per heavy atom. The highest BCUT2D eigenvalue weighted by atomic mass is 35.5. The summed E-state index contributed by atoms with van der Waals surface area (Å²) in [7, 11) is 1.30. The maximum atomic E-state index is 12.0. The molecule has 96 valence electrons. The first kappa shape index (κ1) is 13.2. The van der Waals surface area contributed by atoms with E-state index in [1.165, 1.54) is 25.3 Å². The monoisotopic (exact) mass is 287 g/mol. The zero-order valence-corrected chi connectivity index (χ0v) is 11.1. The zero-order chi connectivity index (χ0) is 13.3. The largest absolute Gasteiger partial charge is 0.467 e. The van der Waals surface area contributed by atoms with Crippen molar-refractivity contribution in [3.05, 3.63) is 33.8 Å². The van der Waals surface area contributed by atoms with Crippen LogP contribution in [0.3, 0.4) is 0 Å². The van der Waals surface area contributed by atoms with E-state index in [2.05, 4.69) is 10.1 Å². The molecule has 0 spiro atoms. The van der Waals surface area contributed by atoms with Crippen LogP contribution in [0.1, 0.15) is 23.2 Å². The normalized spacial score (nSPS) is 15.9. The van der Waals surface area contributed by atoms with Crippen LogP contribution in [0.4, 0.5) is 0 Å². The number of carbonyl (C=O) groups excluding carboxylic acids is 2. The van der Waals surface area contributed by atoms with Crippen LogP contribution in [0, 0.1) is 0 Å². The number of carbonyl (C=O) groups is 2. The minimum Gasteiger partial charge on any atom is -0.467 e. The van der Waals surface area contributed by atoms with Gasteiger partial charge in [-0.1, -0.05) is 23.2 Å². The van der Waals surface area contributed by atoms with Gasteiger partial charge >= 0.3 is 5.97 Å². The summed E-state index contributed by atoms with van der Waals surface area (Å²) in [5.74, 6) is -0.814. The average Bonchev–Trinajstić information content (AvgIpc) is 3.07. The first-order valence-electron chi connectivity index (χ1n) is 5.34. The van der Waals surface area contributed by atoms with Crippen molar-refractivity contribution in [3.63, 3.8) is 0 Å². The third kappa shape index (κ3) is 2.60. The lowest BCUT2D eigenvalue weighted by molar-refractivity contribution is -0.144. The van der Waals surface area contributed by atoms with Crippen LogP contribution in [0.5, 0.6) is 0 Å². The molecule has 18 heavy (non-hydrogen) atoms. The second kappa shape index (κ2) is 4.78. The highest BCUT2D eigenvalue weighted by molar-refractivity contribution is 6.35. The minimum atomic E-state index is -0.874. The smallest absolute Gasteiger partial charge is 0.331 e. The maximum absolute atomic E-state index is 12.0. The summed E-state index contributed by atoms with van der Waals surface area (Å²) in [4.78, 5) is 23.5. The van der Waals surface area contributed by atoms with Crippen molar-refractivity contribution in [3.8, 4) is 0 Å². The Morgan fingerprint density at radius 1 is 1.22 bits per heavy atom. The summed E-state index contributed by atoms with van der Waals surface area (Å²) in [5, 5.41) is 3.40. The minimum absolute atomic E-state index is 0.322. The summed E-state index contributed by atoms with van der Waals surface area (Å²) in [5.41, 5.74) is -0.552. The second-order valence-electron chi connectivity index (χ2n) is 4.19. The molecule has 2 rings (SSSR count). The lowest BCUT2D eigenvalue weighted by Gasteiger charge is -2.14. The molecule has 6 heteroatoms. The van der Waals surface area contributed by atoms with Gasteiger partial charge in [0.05, 0.1) is 7.11 Å². The first-order valence-corrected chi connectivity index (χ1v) is 6.09. The third-order valence-electron chi connectivity index (χ3n) is 2.80. The Morgan fingerprint density at radius 3 is 2.22 bits per heavy atom. The fraction of sp³-hybridized carbons (Fsp3) is 0.333. The molecule has 0 aliphatic heterocycles. The topological polar surface area (TPSA) is 55.4 Å². The highest BCUT2D eigenvalue weighted by Gasteiger charge is 2.52. The van der Waals surface area contributed by atoms with Crippen molar-refractivity contribution in [2.75, 3.05) is 7.11 Å². The van der Waals surface area contributed by atoms with Crippen molar-refractivity contribution >= 4 is 35.1 Å². The quantitative estimate of drug-likeness (QED) is 0.869. The van der Waals surface area contributed by atoms with E-state index in [-0.39, 0.29) is 5.91 Å². The molecule has 1 aliphatic carbocycles. The number of amides is 1. The SMILES string of the molecule is COC(=O)C1(NC(=O)c2cc(Cl)cc(Cl)c2)CC1. The van der Waals surface area contributed by atoms with Crippen LogP contribution >= 0.6 is 23.2 Å². The molecule has 0 saturated heterocycles. The molecule has 0 heterocycles. The predicted molar refractivity (Wildman–Crippen MR) is 67.9 cm³/mol. The molecule has 4 nitrogen and oxygen atoms in total. The number of ether oxygens (including phenoxy) is 1. The van der Waals surface area contributed by atoms with Crippen molar-refractivity contribution < 1.29 is 14.3 Å². The van der Waals surface area contributed by atoms with Gasteiger partial charge in [0.2, 0.25) is 0 Å². The number of nitrogens with one attached hydrogen (secondary N) is 1. The van der Waals surface area contributed by atoms with E-state index in [0.717, 1.165) is 0 Å². The molecule has 1 aliphatic rings. The van der Waals surface area contributed by atoms with E-state index in [1.54, 1.807) is 0 Å². The zero-order valence-electron chi connectivity index (χ0n) is 9.63. The molecule has 1 aromatic carbocycles. The van der Waals surface area contributed by atoms with Crippen LogP contribution in [0.2, 0.25) is 10.0 Å². The molecule has 1 saturated carbocycles. The number of esters is 1. The summed E-state index contributed by atoms with van der Waals surface area (Å²) < 4.78 is 4.66. The average molecular weight is 288 g/mol. The van der Waals surface area contributed by atoms with Gasteiger partial charge in [-0.15, -0.1) is 0 Å². The second-order valence-corrected chi connectivity index (χ2v) is 5.06. The summed E-state index contributed by atoms with van der Waals surface area (Å²) in [6.45, 7) is 0. The molecule has 0 unspecified atom stereocenters. The van der Waals surface area contributed by atoms with Gasteiger partial charge in [-0.2, -0.15) is 0 Å². The lowest BCUT2D eigenvalue weighted by atomic mass is 10.2. The molecular formula is C12H11Cl2NO3. The van der Waals surface area contributed by atoms with Crippen LogP contribution in [-0.2, 0) is 9.53 Å². The number of halogens is 2. The Bertz CT molecular complexity index is 492. The number of benzene rings is 1. The van der Waals surface area contributed by atoms with Gasteiger partial charge in [0.1, 0.15) is 5.54 Å². The Kier molecular flexibility index (Phi) is 3.50. The van der Waals surface area contributed by atoms with E-state index in [9.17, 15) is 9.59 Å².